The van der Waals surface area contributed by atoms with Crippen LogP contribution in [0.25, 0.3) is 22.3 Å². The van der Waals surface area contributed by atoms with E-state index >= 15 is 4.39 Å². The smallest absolute Gasteiger partial charge is 0.343 e. The number of hydrogen-bond acceptors (Lipinski definition) is 7. The Morgan fingerprint density at radius 3 is 2.69 bits per heavy atom. The predicted octanol–water partition coefficient (Wildman–Crippen LogP) is 4.14. The number of benzene rings is 1. The summed E-state index contributed by atoms with van der Waals surface area (Å²) in [5.41, 5.74) is 1.45. The summed E-state index contributed by atoms with van der Waals surface area (Å²) in [6, 6.07) is 5.80. The molecule has 206 valence electrons. The van der Waals surface area contributed by atoms with Gasteiger partial charge >= 0.3 is 5.97 Å². The number of methoxy groups -OCH3 is 1. The number of pyridine rings is 2. The van der Waals surface area contributed by atoms with Crippen molar-refractivity contribution in [2.75, 3.05) is 7.11 Å². The summed E-state index contributed by atoms with van der Waals surface area (Å²) in [4.78, 5) is 31.0. The summed E-state index contributed by atoms with van der Waals surface area (Å²) in [6.07, 6.45) is 4.38. The van der Waals surface area contributed by atoms with Gasteiger partial charge in [-0.3, -0.25) is 4.79 Å². The van der Waals surface area contributed by atoms with Gasteiger partial charge in [0.05, 0.1) is 35.1 Å². The molecule has 0 saturated heterocycles. The van der Waals surface area contributed by atoms with Crippen molar-refractivity contribution < 1.29 is 23.8 Å². The second-order valence-electron chi connectivity index (χ2n) is 11.1. The highest BCUT2D eigenvalue weighted by molar-refractivity contribution is 5.90. The van der Waals surface area contributed by atoms with E-state index in [1.807, 2.05) is 19.1 Å². The van der Waals surface area contributed by atoms with Crippen molar-refractivity contribution in [3.63, 3.8) is 0 Å². The third-order valence-electron chi connectivity index (χ3n) is 8.97. The summed E-state index contributed by atoms with van der Waals surface area (Å²) in [5.74, 6) is -1.17. The lowest BCUT2D eigenvalue weighted by molar-refractivity contribution is -0.172. The molecule has 2 N–H and O–H groups in total. The number of ether oxygens (including phenoxy) is 2. The molecule has 9 heteroatoms. The van der Waals surface area contributed by atoms with Gasteiger partial charge in [-0.2, -0.15) is 0 Å². The molecule has 1 saturated carbocycles. The SMILES string of the molecule is CC[C@@]1(O)C(=O)OCc2c1cc1n(c2=O)Cc2c-1nc1c(C(C)NC3CCC(OC)CC3)ccc(C)c1c2F. The number of aliphatic hydroxyl groups is 1. The zero-order chi connectivity index (χ0) is 27.6. The lowest BCUT2D eigenvalue weighted by atomic mass is 9.86. The van der Waals surface area contributed by atoms with Crippen molar-refractivity contribution in [1.29, 1.82) is 0 Å². The summed E-state index contributed by atoms with van der Waals surface area (Å²) in [6.45, 7) is 5.41. The van der Waals surface area contributed by atoms with Crippen LogP contribution in [0.15, 0.2) is 23.0 Å². The van der Waals surface area contributed by atoms with Crippen LogP contribution in [0.2, 0.25) is 0 Å². The number of aryl methyl sites for hydroxylation is 1. The Labute approximate surface area is 226 Å². The van der Waals surface area contributed by atoms with Gasteiger partial charge in [0.2, 0.25) is 0 Å². The first-order valence-electron chi connectivity index (χ1n) is 13.8. The topological polar surface area (TPSA) is 103 Å². The van der Waals surface area contributed by atoms with Crippen LogP contribution in [-0.2, 0) is 33.0 Å². The van der Waals surface area contributed by atoms with Gasteiger partial charge in [-0.15, -0.1) is 0 Å². The van der Waals surface area contributed by atoms with Crippen LogP contribution in [0.5, 0.6) is 0 Å². The fraction of sp³-hybridized carbons (Fsp3) is 0.500. The molecule has 1 aliphatic carbocycles. The molecule has 6 rings (SSSR count). The quantitative estimate of drug-likeness (QED) is 0.371. The third-order valence-corrected chi connectivity index (χ3v) is 8.97. The fourth-order valence-electron chi connectivity index (χ4n) is 6.56. The first-order valence-corrected chi connectivity index (χ1v) is 13.8. The van der Waals surface area contributed by atoms with E-state index in [1.165, 1.54) is 4.57 Å². The van der Waals surface area contributed by atoms with E-state index in [0.29, 0.717) is 40.0 Å². The fourth-order valence-corrected chi connectivity index (χ4v) is 6.56. The van der Waals surface area contributed by atoms with E-state index in [9.17, 15) is 14.7 Å². The van der Waals surface area contributed by atoms with E-state index in [-0.39, 0.29) is 42.6 Å². The molecule has 0 amide bonds. The Kier molecular flexibility index (Phi) is 6.36. The van der Waals surface area contributed by atoms with Crippen LogP contribution in [-0.4, -0.2) is 39.9 Å². The van der Waals surface area contributed by atoms with Crippen molar-refractivity contribution >= 4 is 16.9 Å². The number of nitrogens with one attached hydrogen (secondary N) is 1. The van der Waals surface area contributed by atoms with Crippen LogP contribution < -0.4 is 10.9 Å². The number of hydrogen-bond donors (Lipinski definition) is 2. The molecular formula is C30H34FN3O5. The Morgan fingerprint density at radius 2 is 2.00 bits per heavy atom. The molecule has 0 bridgehead atoms. The minimum absolute atomic E-state index is 0.0320. The molecule has 2 aliphatic heterocycles. The zero-order valence-electron chi connectivity index (χ0n) is 22.8. The molecule has 0 radical (unpaired) electrons. The number of aromatic nitrogens is 2. The van der Waals surface area contributed by atoms with Crippen LogP contribution in [0.3, 0.4) is 0 Å². The van der Waals surface area contributed by atoms with Gasteiger partial charge in [0.15, 0.2) is 5.60 Å². The minimum Gasteiger partial charge on any atom is -0.458 e. The molecular weight excluding hydrogens is 501 g/mol. The lowest BCUT2D eigenvalue weighted by Gasteiger charge is -2.31. The van der Waals surface area contributed by atoms with Gasteiger partial charge in [-0.05, 0) is 63.1 Å². The number of rotatable bonds is 5. The summed E-state index contributed by atoms with van der Waals surface area (Å²) >= 11 is 0. The van der Waals surface area contributed by atoms with Crippen molar-refractivity contribution in [1.82, 2.24) is 14.9 Å². The Bertz CT molecular complexity index is 1560. The molecule has 2 aromatic heterocycles. The number of carbonyl (C=O) groups excluding carboxylic acids is 1. The first-order chi connectivity index (χ1) is 18.7. The second kappa shape index (κ2) is 9.50. The lowest BCUT2D eigenvalue weighted by Crippen LogP contribution is -2.44. The highest BCUT2D eigenvalue weighted by Gasteiger charge is 2.45. The van der Waals surface area contributed by atoms with Crippen LogP contribution in [0, 0.1) is 12.7 Å². The van der Waals surface area contributed by atoms with E-state index < -0.39 is 17.1 Å². The van der Waals surface area contributed by atoms with Crippen LogP contribution >= 0.6 is 0 Å². The molecule has 1 aromatic carbocycles. The highest BCUT2D eigenvalue weighted by Crippen LogP contribution is 2.41. The molecule has 2 atom stereocenters. The molecule has 3 aromatic rings. The number of halogens is 1. The zero-order valence-corrected chi connectivity index (χ0v) is 22.8. The first kappa shape index (κ1) is 26.1. The van der Waals surface area contributed by atoms with Gasteiger partial charge < -0.3 is 24.5 Å². The largest absolute Gasteiger partial charge is 0.458 e. The maximum absolute atomic E-state index is 16.3. The standard InChI is InChI=1S/C30H34FN3O5/c1-5-30(37)22-12-23-26-20(13-34(23)28(35)21(22)14-39-29(30)36)25(31)24-15(2)6-11-19(27(24)33-26)16(3)32-17-7-9-18(38-4)10-8-17/h6,11-12,16-18,32,37H,5,7-10,13-14H2,1-4H3/t16?,17?,18?,30-/m0/s1. The molecule has 0 spiro atoms. The minimum atomic E-state index is -1.93. The van der Waals surface area contributed by atoms with E-state index in [1.54, 1.807) is 20.1 Å². The predicted molar refractivity (Wildman–Crippen MR) is 144 cm³/mol. The Balaban J connectivity index is 1.47. The maximum atomic E-state index is 16.3. The van der Waals surface area contributed by atoms with Gasteiger partial charge in [0.1, 0.15) is 12.4 Å². The molecule has 1 fully saturated rings. The molecule has 4 heterocycles. The van der Waals surface area contributed by atoms with Crippen molar-refractivity contribution in [2.45, 2.75) is 89.8 Å². The van der Waals surface area contributed by atoms with Crippen LogP contribution in [0.1, 0.15) is 79.8 Å². The normalized spacial score (nSPS) is 24.7. The monoisotopic (exact) mass is 535 g/mol. The number of esters is 1. The second-order valence-corrected chi connectivity index (χ2v) is 11.1. The van der Waals surface area contributed by atoms with Gasteiger partial charge in [-0.1, -0.05) is 19.1 Å². The summed E-state index contributed by atoms with van der Waals surface area (Å²) in [7, 11) is 1.76. The molecule has 8 nitrogen and oxygen atoms in total. The third kappa shape index (κ3) is 3.93. The number of nitrogens with zero attached hydrogens (tertiary/aromatic N) is 2. The van der Waals surface area contributed by atoms with E-state index in [0.717, 1.165) is 36.8 Å². The number of cyclic esters (lactones) is 1. The van der Waals surface area contributed by atoms with Gasteiger partial charge in [0, 0.05) is 35.7 Å². The number of carbonyl (C=O) groups is 1. The van der Waals surface area contributed by atoms with Gasteiger partial charge in [-0.25, -0.2) is 14.2 Å². The maximum Gasteiger partial charge on any atom is 0.343 e. The van der Waals surface area contributed by atoms with E-state index in [2.05, 4.69) is 12.2 Å². The van der Waals surface area contributed by atoms with Crippen molar-refractivity contribution in [3.8, 4) is 11.4 Å². The average molecular weight is 536 g/mol. The summed E-state index contributed by atoms with van der Waals surface area (Å²) < 4.78 is 28.4. The number of fused-ring (bicyclic) bond motifs is 5. The van der Waals surface area contributed by atoms with Crippen LogP contribution in [0.4, 0.5) is 4.39 Å². The van der Waals surface area contributed by atoms with Gasteiger partial charge in [0.25, 0.3) is 5.56 Å². The van der Waals surface area contributed by atoms with E-state index in [4.69, 9.17) is 14.5 Å². The average Bonchev–Trinajstić information content (AvgIpc) is 3.31. The van der Waals surface area contributed by atoms with Crippen molar-refractivity contribution in [2.24, 2.45) is 0 Å². The highest BCUT2D eigenvalue weighted by atomic mass is 19.1. The Hall–Kier alpha value is -3.14. The molecule has 3 aliphatic rings. The summed E-state index contributed by atoms with van der Waals surface area (Å²) in [5, 5.41) is 15.3. The Morgan fingerprint density at radius 1 is 1.26 bits per heavy atom. The van der Waals surface area contributed by atoms with Crippen molar-refractivity contribution in [3.05, 3.63) is 62.2 Å². The molecule has 39 heavy (non-hydrogen) atoms. The molecule has 1 unspecified atom stereocenters.